The standard InChI is InChI=1S/C25H23Cl3F3N3O4/c1-35-18-3-2-15-10-17-16-12-20-19(36-13-37-20)11-14(16)4-5-34(17)23(24(26,27)28)21(15)22(18)32-6-8-33(9-7-32)38-25(29,30)31/h2-3,10-12,23H,4-9,13H2,1H3/t23-/m1/s1. The maximum atomic E-state index is 12.8. The summed E-state index contributed by atoms with van der Waals surface area (Å²) in [7, 11) is 1.54. The summed E-state index contributed by atoms with van der Waals surface area (Å²) in [5.74, 6) is 1.93. The number of anilines is 1. The lowest BCUT2D eigenvalue weighted by atomic mass is 9.85. The minimum atomic E-state index is -4.74. The minimum Gasteiger partial charge on any atom is -0.495 e. The number of fused-ring (bicyclic) bond motifs is 5. The van der Waals surface area contributed by atoms with Crippen molar-refractivity contribution >= 4 is 52.3 Å². The Bertz CT molecular complexity index is 1290. The van der Waals surface area contributed by atoms with Gasteiger partial charge < -0.3 is 24.0 Å². The van der Waals surface area contributed by atoms with Crippen LogP contribution in [0.25, 0.3) is 11.8 Å². The summed E-state index contributed by atoms with van der Waals surface area (Å²) in [5.41, 5.74) is 5.26. The van der Waals surface area contributed by atoms with E-state index < -0.39 is 16.2 Å². The lowest BCUT2D eigenvalue weighted by Crippen LogP contribution is -2.49. The Labute approximate surface area is 232 Å². The van der Waals surface area contributed by atoms with Gasteiger partial charge in [0.25, 0.3) is 0 Å². The second kappa shape index (κ2) is 9.45. The molecule has 4 heterocycles. The summed E-state index contributed by atoms with van der Waals surface area (Å²) < 4.78 is 53.4. The molecule has 204 valence electrons. The fourth-order valence-corrected chi connectivity index (χ4v) is 6.36. The first kappa shape index (κ1) is 26.0. The summed E-state index contributed by atoms with van der Waals surface area (Å²) in [5, 5.41) is 0.911. The van der Waals surface area contributed by atoms with E-state index in [1.807, 2.05) is 35.2 Å². The van der Waals surface area contributed by atoms with Crippen LogP contribution in [0.2, 0.25) is 0 Å². The summed E-state index contributed by atoms with van der Waals surface area (Å²) in [6, 6.07) is 7.02. The topological polar surface area (TPSA) is 46.6 Å². The van der Waals surface area contributed by atoms with Gasteiger partial charge in [0.05, 0.1) is 12.8 Å². The molecule has 4 aliphatic heterocycles. The normalized spacial score (nSPS) is 21.0. The number of alkyl halides is 6. The Morgan fingerprint density at radius 1 is 0.974 bits per heavy atom. The quantitative estimate of drug-likeness (QED) is 0.419. The molecule has 2 aromatic carbocycles. The van der Waals surface area contributed by atoms with Gasteiger partial charge in [-0.2, -0.15) is 5.06 Å². The van der Waals surface area contributed by atoms with Crippen molar-refractivity contribution in [2.75, 3.05) is 51.5 Å². The number of piperazine rings is 1. The van der Waals surface area contributed by atoms with E-state index in [0.717, 1.165) is 33.0 Å². The van der Waals surface area contributed by atoms with Gasteiger partial charge in [0.15, 0.2) is 11.5 Å². The van der Waals surface area contributed by atoms with E-state index in [4.69, 9.17) is 49.0 Å². The van der Waals surface area contributed by atoms with Crippen LogP contribution in [0.15, 0.2) is 24.3 Å². The van der Waals surface area contributed by atoms with E-state index in [1.54, 1.807) is 7.11 Å². The van der Waals surface area contributed by atoms with Crippen molar-refractivity contribution in [3.05, 3.63) is 46.5 Å². The molecule has 1 saturated heterocycles. The van der Waals surface area contributed by atoms with Crippen molar-refractivity contribution in [3.8, 4) is 17.2 Å². The fraction of sp³-hybridized carbons (Fsp3) is 0.440. The predicted octanol–water partition coefficient (Wildman–Crippen LogP) is 5.78. The summed E-state index contributed by atoms with van der Waals surface area (Å²) in [6.45, 7) is 1.36. The molecule has 0 N–H and O–H groups in total. The second-order valence-corrected chi connectivity index (χ2v) is 11.7. The molecule has 0 radical (unpaired) electrons. The zero-order chi connectivity index (χ0) is 26.8. The molecule has 0 unspecified atom stereocenters. The van der Waals surface area contributed by atoms with Crippen LogP contribution in [-0.2, 0) is 11.3 Å². The number of hydrogen-bond donors (Lipinski definition) is 0. The van der Waals surface area contributed by atoms with Crippen molar-refractivity contribution < 1.29 is 32.2 Å². The Kier molecular flexibility index (Phi) is 6.47. The molecular weight excluding hydrogens is 570 g/mol. The van der Waals surface area contributed by atoms with Gasteiger partial charge in [-0.1, -0.05) is 40.9 Å². The molecule has 13 heteroatoms. The Hall–Kier alpha value is -2.24. The third-order valence-corrected chi connectivity index (χ3v) is 7.83. The molecule has 4 aliphatic rings. The first-order valence-corrected chi connectivity index (χ1v) is 13.1. The summed E-state index contributed by atoms with van der Waals surface area (Å²) in [6.07, 6.45) is -1.99. The number of nitrogens with zero attached hydrogens (tertiary/aromatic N) is 3. The third kappa shape index (κ3) is 4.60. The number of halogens is 6. The smallest absolute Gasteiger partial charge is 0.495 e. The molecule has 6 rings (SSSR count). The minimum absolute atomic E-state index is 0.0378. The summed E-state index contributed by atoms with van der Waals surface area (Å²) >= 11 is 20.1. The number of hydroxylamine groups is 2. The summed E-state index contributed by atoms with van der Waals surface area (Å²) in [4.78, 5) is 8.16. The van der Waals surface area contributed by atoms with E-state index >= 15 is 0 Å². The molecule has 0 aromatic heterocycles. The highest BCUT2D eigenvalue weighted by atomic mass is 35.6. The molecular formula is C25H23Cl3F3N3O4. The maximum absolute atomic E-state index is 12.8. The van der Waals surface area contributed by atoms with Crippen LogP contribution in [0.5, 0.6) is 17.2 Å². The molecule has 0 amide bonds. The van der Waals surface area contributed by atoms with Gasteiger partial charge >= 0.3 is 6.36 Å². The molecule has 1 fully saturated rings. The Balaban J connectivity index is 1.45. The van der Waals surface area contributed by atoms with Crippen LogP contribution in [0, 0.1) is 0 Å². The molecule has 0 bridgehead atoms. The van der Waals surface area contributed by atoms with Crippen LogP contribution < -0.4 is 19.1 Å². The molecule has 0 spiro atoms. The molecule has 38 heavy (non-hydrogen) atoms. The van der Waals surface area contributed by atoms with E-state index in [2.05, 4.69) is 9.74 Å². The van der Waals surface area contributed by atoms with E-state index in [1.165, 1.54) is 0 Å². The third-order valence-electron chi connectivity index (χ3n) is 7.21. The van der Waals surface area contributed by atoms with Crippen molar-refractivity contribution in [2.45, 2.75) is 22.6 Å². The van der Waals surface area contributed by atoms with Crippen LogP contribution in [0.4, 0.5) is 18.9 Å². The lowest BCUT2D eigenvalue weighted by molar-refractivity contribution is -0.414. The average Bonchev–Trinajstić information content (AvgIpc) is 3.32. The van der Waals surface area contributed by atoms with Gasteiger partial charge in [0.1, 0.15) is 11.8 Å². The molecule has 0 saturated carbocycles. The number of rotatable bonds is 3. The van der Waals surface area contributed by atoms with E-state index in [9.17, 15) is 13.2 Å². The van der Waals surface area contributed by atoms with Crippen molar-refractivity contribution in [1.82, 2.24) is 9.96 Å². The Morgan fingerprint density at radius 3 is 2.34 bits per heavy atom. The highest BCUT2D eigenvalue weighted by Crippen LogP contribution is 2.56. The Morgan fingerprint density at radius 2 is 1.68 bits per heavy atom. The number of hydrogen-bond acceptors (Lipinski definition) is 7. The number of benzene rings is 2. The number of methoxy groups -OCH3 is 1. The largest absolute Gasteiger partial charge is 0.539 e. The van der Waals surface area contributed by atoms with E-state index in [-0.39, 0.29) is 33.0 Å². The van der Waals surface area contributed by atoms with Gasteiger partial charge in [-0.05, 0) is 41.8 Å². The second-order valence-electron chi connectivity index (χ2n) is 9.35. The molecule has 7 nitrogen and oxygen atoms in total. The highest BCUT2D eigenvalue weighted by molar-refractivity contribution is 6.68. The zero-order valence-electron chi connectivity index (χ0n) is 20.2. The average molecular weight is 593 g/mol. The van der Waals surface area contributed by atoms with Crippen molar-refractivity contribution in [1.29, 1.82) is 0 Å². The molecule has 1 atom stereocenters. The zero-order valence-corrected chi connectivity index (χ0v) is 22.4. The van der Waals surface area contributed by atoms with Gasteiger partial charge in [0, 0.05) is 49.5 Å². The molecule has 0 aliphatic carbocycles. The SMILES string of the molecule is COc1ccc2c(c1N1CCN(OC(F)(F)F)CC1)[C@H](C(Cl)(Cl)Cl)N1CCc3cc4c(cc3C1=C2)OCO4. The van der Waals surface area contributed by atoms with Crippen LogP contribution in [-0.4, -0.2) is 66.7 Å². The van der Waals surface area contributed by atoms with Crippen LogP contribution in [0.3, 0.4) is 0 Å². The van der Waals surface area contributed by atoms with Gasteiger partial charge in [0.2, 0.25) is 10.6 Å². The first-order valence-electron chi connectivity index (χ1n) is 12.0. The fourth-order valence-electron chi connectivity index (χ4n) is 5.67. The van der Waals surface area contributed by atoms with Crippen LogP contribution >= 0.6 is 34.8 Å². The predicted molar refractivity (Wildman–Crippen MR) is 138 cm³/mol. The van der Waals surface area contributed by atoms with Crippen molar-refractivity contribution in [3.63, 3.8) is 0 Å². The monoisotopic (exact) mass is 591 g/mol. The van der Waals surface area contributed by atoms with E-state index in [0.29, 0.717) is 35.9 Å². The highest BCUT2D eigenvalue weighted by Gasteiger charge is 2.47. The maximum Gasteiger partial charge on any atom is 0.539 e. The van der Waals surface area contributed by atoms with Gasteiger partial charge in [-0.15, -0.1) is 13.2 Å². The van der Waals surface area contributed by atoms with Crippen LogP contribution in [0.1, 0.15) is 28.3 Å². The molecule has 2 aromatic rings. The van der Waals surface area contributed by atoms with Gasteiger partial charge in [-0.25, -0.2) is 4.84 Å². The first-order chi connectivity index (χ1) is 18.0. The number of ether oxygens (including phenoxy) is 3. The van der Waals surface area contributed by atoms with Crippen molar-refractivity contribution in [2.24, 2.45) is 0 Å². The lowest BCUT2D eigenvalue weighted by Gasteiger charge is -2.47. The van der Waals surface area contributed by atoms with Gasteiger partial charge in [-0.3, -0.25) is 0 Å².